The van der Waals surface area contributed by atoms with Gasteiger partial charge in [0.15, 0.2) is 0 Å². The predicted molar refractivity (Wildman–Crippen MR) is 38.7 cm³/mol. The van der Waals surface area contributed by atoms with Crippen molar-refractivity contribution in [1.29, 1.82) is 0 Å². The Bertz CT molecular complexity index is 228. The van der Waals surface area contributed by atoms with Crippen LogP contribution in [0.5, 0.6) is 0 Å². The Kier molecular flexibility index (Phi) is 4.36. The molecule has 0 aliphatic heterocycles. The van der Waals surface area contributed by atoms with Gasteiger partial charge in [-0.2, -0.15) is 0 Å². The Hall–Kier alpha value is -1.65. The second kappa shape index (κ2) is 5.06. The van der Waals surface area contributed by atoms with E-state index in [4.69, 9.17) is 10.2 Å². The molecular formula is C7H8O5. The average molecular weight is 172 g/mol. The Balaban J connectivity index is 3.68. The van der Waals surface area contributed by atoms with Crippen molar-refractivity contribution in [2.75, 3.05) is 0 Å². The molecule has 0 saturated heterocycles. The number of aliphatic carboxylic acids is 2. The molecule has 0 unspecified atom stereocenters. The second-order valence-corrected chi connectivity index (χ2v) is 2.00. The van der Waals surface area contributed by atoms with Crippen molar-refractivity contribution in [3.05, 3.63) is 12.2 Å². The Morgan fingerprint density at radius 2 is 1.50 bits per heavy atom. The number of hydrogen-bond donors (Lipinski definition) is 2. The van der Waals surface area contributed by atoms with Crippen LogP contribution in [0.2, 0.25) is 0 Å². The highest BCUT2D eigenvalue weighted by atomic mass is 16.4. The predicted octanol–water partition coefficient (Wildman–Crippen LogP) is 0.0611. The molecule has 2 N–H and O–H groups in total. The summed E-state index contributed by atoms with van der Waals surface area (Å²) < 4.78 is 0. The van der Waals surface area contributed by atoms with Crippen LogP contribution in [0.1, 0.15) is 12.8 Å². The summed E-state index contributed by atoms with van der Waals surface area (Å²) in [6, 6.07) is 0. The molecule has 0 atom stereocenters. The second-order valence-electron chi connectivity index (χ2n) is 2.00. The SMILES string of the molecule is O=C(O)C/C=C\CC(=O)C(=O)O. The molecule has 0 bridgehead atoms. The number of hydrogen-bond acceptors (Lipinski definition) is 3. The van der Waals surface area contributed by atoms with Crippen LogP contribution in [0, 0.1) is 0 Å². The normalized spacial score (nSPS) is 10.0. The minimum atomic E-state index is -1.50. The first-order valence-electron chi connectivity index (χ1n) is 3.17. The maximum Gasteiger partial charge on any atom is 0.372 e. The highest BCUT2D eigenvalue weighted by molar-refractivity contribution is 6.33. The monoisotopic (exact) mass is 172 g/mol. The van der Waals surface area contributed by atoms with Crippen LogP contribution in [-0.4, -0.2) is 27.9 Å². The zero-order valence-electron chi connectivity index (χ0n) is 6.19. The lowest BCUT2D eigenvalue weighted by molar-refractivity contribution is -0.148. The third-order valence-corrected chi connectivity index (χ3v) is 1.00. The molecule has 0 aliphatic rings. The average Bonchev–Trinajstić information content (AvgIpc) is 1.97. The van der Waals surface area contributed by atoms with E-state index >= 15 is 0 Å². The molecule has 0 fully saturated rings. The minimum Gasteiger partial charge on any atom is -0.481 e. The van der Waals surface area contributed by atoms with E-state index in [1.807, 2.05) is 0 Å². The van der Waals surface area contributed by atoms with Crippen molar-refractivity contribution in [1.82, 2.24) is 0 Å². The highest BCUT2D eigenvalue weighted by Gasteiger charge is 2.07. The summed E-state index contributed by atoms with van der Waals surface area (Å²) >= 11 is 0. The fourth-order valence-corrected chi connectivity index (χ4v) is 0.462. The van der Waals surface area contributed by atoms with Gasteiger partial charge in [0.05, 0.1) is 6.42 Å². The van der Waals surface area contributed by atoms with Gasteiger partial charge in [-0.05, 0) is 0 Å². The van der Waals surface area contributed by atoms with Crippen molar-refractivity contribution in [2.45, 2.75) is 12.8 Å². The first kappa shape index (κ1) is 10.3. The summed E-state index contributed by atoms with van der Waals surface area (Å²) in [5.41, 5.74) is 0. The van der Waals surface area contributed by atoms with Gasteiger partial charge in [0.25, 0.3) is 0 Å². The Morgan fingerprint density at radius 1 is 1.00 bits per heavy atom. The summed E-state index contributed by atoms with van der Waals surface area (Å²) in [5.74, 6) is -3.47. The third-order valence-electron chi connectivity index (χ3n) is 1.00. The van der Waals surface area contributed by atoms with Crippen LogP contribution >= 0.6 is 0 Å². The maximum atomic E-state index is 10.4. The van der Waals surface area contributed by atoms with Crippen LogP contribution in [-0.2, 0) is 14.4 Å². The van der Waals surface area contributed by atoms with Gasteiger partial charge < -0.3 is 10.2 Å². The van der Waals surface area contributed by atoms with Crippen molar-refractivity contribution < 1.29 is 24.6 Å². The zero-order valence-corrected chi connectivity index (χ0v) is 6.19. The van der Waals surface area contributed by atoms with E-state index in [1.54, 1.807) is 0 Å². The van der Waals surface area contributed by atoms with E-state index in [0.29, 0.717) is 0 Å². The molecule has 0 rings (SSSR count). The molecular weight excluding hydrogens is 164 g/mol. The van der Waals surface area contributed by atoms with Crippen molar-refractivity contribution in [3.63, 3.8) is 0 Å². The molecule has 0 aromatic heterocycles. The van der Waals surface area contributed by atoms with Crippen LogP contribution in [0.3, 0.4) is 0 Å². The van der Waals surface area contributed by atoms with E-state index in [0.717, 1.165) is 0 Å². The van der Waals surface area contributed by atoms with Crippen LogP contribution in [0.25, 0.3) is 0 Å². The van der Waals surface area contributed by atoms with E-state index in [2.05, 4.69) is 0 Å². The number of carbonyl (C=O) groups is 3. The number of carbonyl (C=O) groups excluding carboxylic acids is 1. The van der Waals surface area contributed by atoms with Crippen molar-refractivity contribution in [2.24, 2.45) is 0 Å². The van der Waals surface area contributed by atoms with E-state index in [1.165, 1.54) is 12.2 Å². The Labute approximate surface area is 68.3 Å². The molecule has 0 heterocycles. The van der Waals surface area contributed by atoms with Gasteiger partial charge in [-0.15, -0.1) is 0 Å². The number of rotatable bonds is 5. The Morgan fingerprint density at radius 3 is 1.92 bits per heavy atom. The first-order chi connectivity index (χ1) is 5.54. The number of carboxylic acid groups (broad SMARTS) is 2. The van der Waals surface area contributed by atoms with Gasteiger partial charge in [-0.3, -0.25) is 9.59 Å². The molecule has 5 heteroatoms. The smallest absolute Gasteiger partial charge is 0.372 e. The van der Waals surface area contributed by atoms with Crippen LogP contribution in [0.15, 0.2) is 12.2 Å². The lowest BCUT2D eigenvalue weighted by Crippen LogP contribution is -2.10. The van der Waals surface area contributed by atoms with Gasteiger partial charge in [0.2, 0.25) is 5.78 Å². The molecule has 0 radical (unpaired) electrons. The maximum absolute atomic E-state index is 10.4. The topological polar surface area (TPSA) is 91.7 Å². The standard InChI is InChI=1S/C7H8O5/c8-5(7(11)12)3-1-2-4-6(9)10/h1-2H,3-4H2,(H,9,10)(H,11,12)/b2-1-. The van der Waals surface area contributed by atoms with E-state index in [-0.39, 0.29) is 12.8 Å². The molecule has 12 heavy (non-hydrogen) atoms. The summed E-state index contributed by atoms with van der Waals surface area (Å²) in [6.07, 6.45) is 2.00. The van der Waals surface area contributed by atoms with Gasteiger partial charge in [0, 0.05) is 6.42 Å². The van der Waals surface area contributed by atoms with Crippen LogP contribution in [0.4, 0.5) is 0 Å². The quantitative estimate of drug-likeness (QED) is 0.452. The molecule has 0 saturated carbocycles. The summed E-state index contributed by atoms with van der Waals surface area (Å²) in [7, 11) is 0. The van der Waals surface area contributed by atoms with Gasteiger partial charge in [-0.25, -0.2) is 4.79 Å². The summed E-state index contributed by atoms with van der Waals surface area (Å²) in [4.78, 5) is 30.2. The minimum absolute atomic E-state index is 0.201. The lowest BCUT2D eigenvalue weighted by atomic mass is 10.2. The fraction of sp³-hybridized carbons (Fsp3) is 0.286. The third kappa shape index (κ3) is 5.16. The molecule has 0 spiro atoms. The fourth-order valence-electron chi connectivity index (χ4n) is 0.462. The van der Waals surface area contributed by atoms with Crippen LogP contribution < -0.4 is 0 Å². The number of allylic oxidation sites excluding steroid dienone is 1. The van der Waals surface area contributed by atoms with Gasteiger partial charge in [-0.1, -0.05) is 12.2 Å². The largest absolute Gasteiger partial charge is 0.481 e. The lowest BCUT2D eigenvalue weighted by Gasteiger charge is -1.86. The number of ketones is 1. The zero-order chi connectivity index (χ0) is 9.56. The van der Waals surface area contributed by atoms with Gasteiger partial charge >= 0.3 is 11.9 Å². The molecule has 0 aliphatic carbocycles. The van der Waals surface area contributed by atoms with Crippen molar-refractivity contribution >= 4 is 17.7 Å². The summed E-state index contributed by atoms with van der Waals surface area (Å²) in [5, 5.41) is 16.2. The molecule has 0 amide bonds. The first-order valence-corrected chi connectivity index (χ1v) is 3.17. The van der Waals surface area contributed by atoms with Crippen molar-refractivity contribution in [3.8, 4) is 0 Å². The number of Topliss-reactive ketones (excluding diaryl/α,β-unsaturated/α-hetero) is 1. The summed E-state index contributed by atoms with van der Waals surface area (Å²) in [6.45, 7) is 0. The van der Waals surface area contributed by atoms with E-state index < -0.39 is 17.7 Å². The number of carboxylic acids is 2. The van der Waals surface area contributed by atoms with E-state index in [9.17, 15) is 14.4 Å². The highest BCUT2D eigenvalue weighted by Crippen LogP contribution is 1.89. The molecule has 0 aromatic rings. The molecule has 5 nitrogen and oxygen atoms in total. The molecule has 0 aromatic carbocycles. The molecule has 66 valence electrons. The van der Waals surface area contributed by atoms with Gasteiger partial charge in [0.1, 0.15) is 0 Å².